The molecule has 0 aliphatic heterocycles. The standard InChI is InChI=1S/C12H18BrNO2/c1-8(2)14-7-12(15)10-6-9(16-3)4-5-11(10)13/h4-6,8,12,14-15H,7H2,1-3H3. The highest BCUT2D eigenvalue weighted by atomic mass is 79.9. The quantitative estimate of drug-likeness (QED) is 0.874. The summed E-state index contributed by atoms with van der Waals surface area (Å²) in [6.45, 7) is 4.63. The van der Waals surface area contributed by atoms with Crippen LogP contribution in [0.15, 0.2) is 22.7 Å². The summed E-state index contributed by atoms with van der Waals surface area (Å²) in [4.78, 5) is 0. The molecule has 1 aromatic rings. The molecule has 0 saturated carbocycles. The number of aliphatic hydroxyl groups excluding tert-OH is 1. The third-order valence-electron chi connectivity index (χ3n) is 2.28. The van der Waals surface area contributed by atoms with Gasteiger partial charge >= 0.3 is 0 Å². The van der Waals surface area contributed by atoms with Crippen LogP contribution in [0.5, 0.6) is 5.75 Å². The van der Waals surface area contributed by atoms with E-state index in [-0.39, 0.29) is 0 Å². The first-order valence-electron chi connectivity index (χ1n) is 5.29. The zero-order valence-electron chi connectivity index (χ0n) is 9.83. The monoisotopic (exact) mass is 287 g/mol. The van der Waals surface area contributed by atoms with E-state index in [0.29, 0.717) is 12.6 Å². The number of hydrogen-bond donors (Lipinski definition) is 2. The minimum Gasteiger partial charge on any atom is -0.497 e. The number of methoxy groups -OCH3 is 1. The average Bonchev–Trinajstić information content (AvgIpc) is 2.26. The number of aliphatic hydroxyl groups is 1. The van der Waals surface area contributed by atoms with E-state index in [1.165, 1.54) is 0 Å². The third kappa shape index (κ3) is 3.77. The number of nitrogens with one attached hydrogen (secondary N) is 1. The average molecular weight is 288 g/mol. The van der Waals surface area contributed by atoms with E-state index >= 15 is 0 Å². The molecule has 1 unspecified atom stereocenters. The maximum atomic E-state index is 10.0. The Bertz CT molecular complexity index is 342. The van der Waals surface area contributed by atoms with Gasteiger partial charge in [0.05, 0.1) is 13.2 Å². The van der Waals surface area contributed by atoms with Crippen molar-refractivity contribution in [2.75, 3.05) is 13.7 Å². The Balaban J connectivity index is 2.76. The molecule has 4 heteroatoms. The molecule has 0 aromatic heterocycles. The van der Waals surface area contributed by atoms with Gasteiger partial charge < -0.3 is 15.2 Å². The lowest BCUT2D eigenvalue weighted by atomic mass is 10.1. The van der Waals surface area contributed by atoms with Crippen molar-refractivity contribution in [3.8, 4) is 5.75 Å². The Morgan fingerprint density at radius 2 is 2.12 bits per heavy atom. The van der Waals surface area contributed by atoms with Gasteiger partial charge in [-0.05, 0) is 23.8 Å². The fraction of sp³-hybridized carbons (Fsp3) is 0.500. The van der Waals surface area contributed by atoms with Crippen LogP contribution in [0.4, 0.5) is 0 Å². The molecule has 90 valence electrons. The van der Waals surface area contributed by atoms with Crippen LogP contribution in [-0.2, 0) is 0 Å². The van der Waals surface area contributed by atoms with Crippen LogP contribution in [0.1, 0.15) is 25.5 Å². The van der Waals surface area contributed by atoms with Crippen molar-refractivity contribution >= 4 is 15.9 Å². The minimum absolute atomic E-state index is 0.360. The van der Waals surface area contributed by atoms with E-state index in [4.69, 9.17) is 4.74 Å². The Morgan fingerprint density at radius 1 is 1.44 bits per heavy atom. The van der Waals surface area contributed by atoms with E-state index < -0.39 is 6.10 Å². The second-order valence-corrected chi connectivity index (χ2v) is 4.82. The molecule has 1 atom stereocenters. The molecule has 0 heterocycles. The molecular formula is C12H18BrNO2. The molecule has 0 amide bonds. The molecule has 3 nitrogen and oxygen atoms in total. The number of rotatable bonds is 5. The topological polar surface area (TPSA) is 41.5 Å². The molecule has 0 aliphatic rings. The van der Waals surface area contributed by atoms with Gasteiger partial charge in [-0.2, -0.15) is 0 Å². The van der Waals surface area contributed by atoms with Crippen LogP contribution in [-0.4, -0.2) is 24.8 Å². The zero-order chi connectivity index (χ0) is 12.1. The van der Waals surface area contributed by atoms with Crippen molar-refractivity contribution in [3.05, 3.63) is 28.2 Å². The molecular weight excluding hydrogens is 270 g/mol. The largest absolute Gasteiger partial charge is 0.497 e. The Morgan fingerprint density at radius 3 is 2.69 bits per heavy atom. The molecule has 0 saturated heterocycles. The highest BCUT2D eigenvalue weighted by Gasteiger charge is 2.12. The number of hydrogen-bond acceptors (Lipinski definition) is 3. The maximum absolute atomic E-state index is 10.0. The fourth-order valence-corrected chi connectivity index (χ4v) is 1.87. The third-order valence-corrected chi connectivity index (χ3v) is 3.00. The van der Waals surface area contributed by atoms with Crippen molar-refractivity contribution in [3.63, 3.8) is 0 Å². The summed E-state index contributed by atoms with van der Waals surface area (Å²) >= 11 is 3.42. The zero-order valence-corrected chi connectivity index (χ0v) is 11.4. The fourth-order valence-electron chi connectivity index (χ4n) is 1.36. The second kappa shape index (κ2) is 6.23. The molecule has 1 aromatic carbocycles. The lowest BCUT2D eigenvalue weighted by Crippen LogP contribution is -2.28. The van der Waals surface area contributed by atoms with Gasteiger partial charge in [0.2, 0.25) is 0 Å². The van der Waals surface area contributed by atoms with Crippen LogP contribution >= 0.6 is 15.9 Å². The van der Waals surface area contributed by atoms with Gasteiger partial charge in [0.15, 0.2) is 0 Å². The first-order chi connectivity index (χ1) is 7.54. The molecule has 0 bridgehead atoms. The van der Waals surface area contributed by atoms with Gasteiger partial charge in [0.1, 0.15) is 5.75 Å². The normalized spacial score (nSPS) is 12.9. The Labute approximate surface area is 105 Å². The summed E-state index contributed by atoms with van der Waals surface area (Å²) in [5.74, 6) is 0.752. The van der Waals surface area contributed by atoms with Gasteiger partial charge in [0.25, 0.3) is 0 Å². The second-order valence-electron chi connectivity index (χ2n) is 3.97. The molecule has 0 aliphatic carbocycles. The van der Waals surface area contributed by atoms with Crippen molar-refractivity contribution in [1.29, 1.82) is 0 Å². The van der Waals surface area contributed by atoms with Gasteiger partial charge in [0, 0.05) is 17.1 Å². The summed E-state index contributed by atoms with van der Waals surface area (Å²) in [5.41, 5.74) is 0.840. The van der Waals surface area contributed by atoms with E-state index in [1.807, 2.05) is 32.0 Å². The van der Waals surface area contributed by atoms with E-state index in [9.17, 15) is 5.11 Å². The SMILES string of the molecule is COc1ccc(Br)c(C(O)CNC(C)C)c1. The molecule has 0 spiro atoms. The summed E-state index contributed by atoms with van der Waals surface area (Å²) in [6, 6.07) is 5.94. The summed E-state index contributed by atoms with van der Waals surface area (Å²) in [7, 11) is 1.62. The van der Waals surface area contributed by atoms with Gasteiger partial charge in [-0.15, -0.1) is 0 Å². The molecule has 2 N–H and O–H groups in total. The van der Waals surface area contributed by atoms with Gasteiger partial charge in [-0.1, -0.05) is 29.8 Å². The van der Waals surface area contributed by atoms with Gasteiger partial charge in [-0.25, -0.2) is 0 Å². The smallest absolute Gasteiger partial charge is 0.119 e. The van der Waals surface area contributed by atoms with E-state index in [1.54, 1.807) is 7.11 Å². The number of ether oxygens (including phenoxy) is 1. The number of halogens is 1. The van der Waals surface area contributed by atoms with Crippen molar-refractivity contribution < 1.29 is 9.84 Å². The van der Waals surface area contributed by atoms with Crippen LogP contribution in [0, 0.1) is 0 Å². The van der Waals surface area contributed by atoms with E-state index in [2.05, 4.69) is 21.2 Å². The molecule has 0 fully saturated rings. The van der Waals surface area contributed by atoms with Crippen molar-refractivity contribution in [2.24, 2.45) is 0 Å². The predicted molar refractivity (Wildman–Crippen MR) is 68.8 cm³/mol. The van der Waals surface area contributed by atoms with Crippen molar-refractivity contribution in [1.82, 2.24) is 5.32 Å². The lowest BCUT2D eigenvalue weighted by molar-refractivity contribution is 0.170. The summed E-state index contributed by atoms with van der Waals surface area (Å²) in [6.07, 6.45) is -0.535. The predicted octanol–water partition coefficient (Wildman–Crippen LogP) is 2.49. The van der Waals surface area contributed by atoms with Crippen LogP contribution in [0.2, 0.25) is 0 Å². The lowest BCUT2D eigenvalue weighted by Gasteiger charge is -2.16. The van der Waals surface area contributed by atoms with E-state index in [0.717, 1.165) is 15.8 Å². The molecule has 1 rings (SSSR count). The summed E-state index contributed by atoms with van der Waals surface area (Å²) in [5, 5.41) is 13.2. The first kappa shape index (κ1) is 13.5. The Kier molecular flexibility index (Phi) is 5.25. The van der Waals surface area contributed by atoms with Gasteiger partial charge in [-0.3, -0.25) is 0 Å². The first-order valence-corrected chi connectivity index (χ1v) is 6.08. The highest BCUT2D eigenvalue weighted by Crippen LogP contribution is 2.27. The van der Waals surface area contributed by atoms with Crippen LogP contribution in [0.25, 0.3) is 0 Å². The molecule has 0 radical (unpaired) electrons. The van der Waals surface area contributed by atoms with Crippen LogP contribution in [0.3, 0.4) is 0 Å². The molecule has 16 heavy (non-hydrogen) atoms. The summed E-state index contributed by atoms with van der Waals surface area (Å²) < 4.78 is 6.03. The number of benzene rings is 1. The van der Waals surface area contributed by atoms with Crippen molar-refractivity contribution in [2.45, 2.75) is 26.0 Å². The highest BCUT2D eigenvalue weighted by molar-refractivity contribution is 9.10. The maximum Gasteiger partial charge on any atom is 0.119 e. The minimum atomic E-state index is -0.535. The Hall–Kier alpha value is -0.580. The van der Waals surface area contributed by atoms with Crippen LogP contribution < -0.4 is 10.1 Å².